The van der Waals surface area contributed by atoms with E-state index in [2.05, 4.69) is 15.6 Å². The molecule has 2 rings (SSSR count). The predicted octanol–water partition coefficient (Wildman–Crippen LogP) is -0.546. The number of nitrogens with zero attached hydrogens (tertiary/aromatic N) is 1. The van der Waals surface area contributed by atoms with Gasteiger partial charge in [0.15, 0.2) is 5.96 Å². The summed E-state index contributed by atoms with van der Waals surface area (Å²) in [4.78, 5) is 54.2. The molecule has 0 radical (unpaired) electrons. The van der Waals surface area contributed by atoms with Crippen molar-refractivity contribution < 1.29 is 24.3 Å². The third-order valence-electron chi connectivity index (χ3n) is 6.34. The largest absolute Gasteiger partial charge is 0.481 e. The fourth-order valence-electron chi connectivity index (χ4n) is 4.09. The fraction of sp³-hybridized carbons (Fsp3) is 0.333. The molecule has 0 fully saturated rings. The number of carbonyl (C=O) groups is 4. The Morgan fingerprint density at radius 3 is 2.10 bits per heavy atom. The summed E-state index contributed by atoms with van der Waals surface area (Å²) >= 11 is 0. The Morgan fingerprint density at radius 1 is 0.950 bits per heavy atom. The summed E-state index contributed by atoms with van der Waals surface area (Å²) in [6.07, 6.45) is -0.119. The van der Waals surface area contributed by atoms with Crippen molar-refractivity contribution in [3.05, 3.63) is 71.3 Å². The highest BCUT2D eigenvalue weighted by atomic mass is 16.4. The van der Waals surface area contributed by atoms with Crippen LogP contribution in [-0.4, -0.2) is 59.2 Å². The topological polar surface area (TPSA) is 253 Å². The van der Waals surface area contributed by atoms with Gasteiger partial charge in [-0.1, -0.05) is 54.6 Å². The van der Waals surface area contributed by atoms with Crippen LogP contribution < -0.4 is 33.6 Å². The van der Waals surface area contributed by atoms with Gasteiger partial charge in [0, 0.05) is 12.1 Å². The molecular formula is C27H36N8O5. The van der Waals surface area contributed by atoms with Crippen molar-refractivity contribution in [2.24, 2.45) is 27.9 Å². The summed E-state index contributed by atoms with van der Waals surface area (Å²) in [6.45, 7) is 1.88. The molecular weight excluding hydrogens is 516 g/mol. The number of hydrogen-bond acceptors (Lipinski definition) is 6. The van der Waals surface area contributed by atoms with Gasteiger partial charge < -0.3 is 38.7 Å². The quantitative estimate of drug-likeness (QED) is 0.0806. The van der Waals surface area contributed by atoms with Gasteiger partial charge in [-0.25, -0.2) is 0 Å². The highest BCUT2D eigenvalue weighted by Crippen LogP contribution is 2.29. The van der Waals surface area contributed by atoms with Crippen LogP contribution in [0.25, 0.3) is 0 Å². The monoisotopic (exact) mass is 552 g/mol. The van der Waals surface area contributed by atoms with E-state index >= 15 is 0 Å². The number of benzene rings is 2. The molecule has 214 valence electrons. The zero-order valence-electron chi connectivity index (χ0n) is 22.2. The number of nitrogens with one attached hydrogen (secondary N) is 3. The second-order valence-electron chi connectivity index (χ2n) is 9.52. The van der Waals surface area contributed by atoms with Crippen molar-refractivity contribution in [2.75, 3.05) is 6.54 Å². The standard InChI is InChI=1S/C27H36N8O5/c1-27(18-6-3-2-4-7-18,15-16-9-11-17(12-10-16)22(28)29)25(40)35-20(14-21(36)37)24(39)34-19(23(30)38)8-5-13-33-26(31)32/h2-4,6-7,9-12,19-20H,5,8,13-15H2,1H3,(H3,28,29)(H2,30,38)(H,34,39)(H,35,40)(H,36,37)(H4,31,32,33)/t19?,20?,27-/m0/s1. The number of aliphatic imine (C=N–C) groups is 1. The van der Waals surface area contributed by atoms with Crippen LogP contribution in [0.4, 0.5) is 0 Å². The molecule has 0 saturated heterocycles. The maximum atomic E-state index is 13.8. The number of rotatable bonds is 15. The van der Waals surface area contributed by atoms with E-state index in [1.54, 1.807) is 61.5 Å². The molecule has 0 bridgehead atoms. The number of aliphatic carboxylic acids is 1. The number of primary amides is 1. The first kappa shape index (κ1) is 31.3. The molecule has 40 heavy (non-hydrogen) atoms. The molecule has 2 unspecified atom stereocenters. The number of hydrogen-bond donors (Lipinski definition) is 8. The Labute approximate surface area is 231 Å². The zero-order valence-corrected chi connectivity index (χ0v) is 22.2. The van der Waals surface area contributed by atoms with Crippen molar-refractivity contribution in [2.45, 2.75) is 50.1 Å². The van der Waals surface area contributed by atoms with Crippen molar-refractivity contribution >= 4 is 35.5 Å². The van der Waals surface area contributed by atoms with Gasteiger partial charge in [0.1, 0.15) is 17.9 Å². The molecule has 0 spiro atoms. The fourth-order valence-corrected chi connectivity index (χ4v) is 4.09. The van der Waals surface area contributed by atoms with Gasteiger partial charge in [0.25, 0.3) is 0 Å². The number of amides is 3. The summed E-state index contributed by atoms with van der Waals surface area (Å²) in [5.41, 5.74) is 22.2. The minimum absolute atomic E-state index is 0.0943. The number of carbonyl (C=O) groups excluding carboxylic acids is 3. The number of carboxylic acid groups (broad SMARTS) is 1. The van der Waals surface area contributed by atoms with Crippen LogP contribution in [0.15, 0.2) is 59.6 Å². The first-order chi connectivity index (χ1) is 18.8. The minimum atomic E-state index is -1.49. The Morgan fingerprint density at radius 2 is 1.57 bits per heavy atom. The number of nitrogen functional groups attached to an aromatic ring is 1. The lowest BCUT2D eigenvalue weighted by Gasteiger charge is -2.31. The van der Waals surface area contributed by atoms with Gasteiger partial charge in [0.2, 0.25) is 17.7 Å². The van der Waals surface area contributed by atoms with E-state index in [9.17, 15) is 24.3 Å². The van der Waals surface area contributed by atoms with E-state index in [-0.39, 0.29) is 31.2 Å². The molecule has 13 heteroatoms. The van der Waals surface area contributed by atoms with Crippen LogP contribution >= 0.6 is 0 Å². The lowest BCUT2D eigenvalue weighted by molar-refractivity contribution is -0.141. The van der Waals surface area contributed by atoms with E-state index in [0.717, 1.165) is 5.56 Å². The number of carboxylic acids is 1. The maximum Gasteiger partial charge on any atom is 0.305 e. The van der Waals surface area contributed by atoms with Gasteiger partial charge in [-0.2, -0.15) is 0 Å². The highest BCUT2D eigenvalue weighted by molar-refractivity contribution is 5.97. The van der Waals surface area contributed by atoms with Crippen LogP contribution in [0.3, 0.4) is 0 Å². The summed E-state index contributed by atoms with van der Waals surface area (Å²) in [7, 11) is 0. The first-order valence-electron chi connectivity index (χ1n) is 12.5. The smallest absolute Gasteiger partial charge is 0.305 e. The summed E-state index contributed by atoms with van der Waals surface area (Å²) in [5.74, 6) is -3.85. The van der Waals surface area contributed by atoms with Gasteiger partial charge in [-0.05, 0) is 37.3 Å². The molecule has 0 aromatic heterocycles. The summed E-state index contributed by atoms with van der Waals surface area (Å²) in [5, 5.41) is 22.0. The maximum absolute atomic E-state index is 13.8. The summed E-state index contributed by atoms with van der Waals surface area (Å²) in [6, 6.07) is 13.0. The Bertz CT molecular complexity index is 1250. The average molecular weight is 553 g/mol. The molecule has 13 nitrogen and oxygen atoms in total. The second-order valence-corrected chi connectivity index (χ2v) is 9.52. The van der Waals surface area contributed by atoms with Crippen LogP contribution in [0.5, 0.6) is 0 Å². The number of guanidine groups is 1. The van der Waals surface area contributed by atoms with Gasteiger partial charge in [0.05, 0.1) is 11.8 Å². The third-order valence-corrected chi connectivity index (χ3v) is 6.34. The predicted molar refractivity (Wildman–Crippen MR) is 150 cm³/mol. The van der Waals surface area contributed by atoms with Crippen molar-refractivity contribution in [3.63, 3.8) is 0 Å². The summed E-state index contributed by atoms with van der Waals surface area (Å²) < 4.78 is 0. The van der Waals surface area contributed by atoms with Crippen molar-refractivity contribution in [1.29, 1.82) is 5.41 Å². The highest BCUT2D eigenvalue weighted by Gasteiger charge is 2.38. The third kappa shape index (κ3) is 9.11. The molecule has 0 aliphatic carbocycles. The zero-order chi connectivity index (χ0) is 29.9. The first-order valence-corrected chi connectivity index (χ1v) is 12.5. The van der Waals surface area contributed by atoms with Gasteiger partial charge in [-0.15, -0.1) is 0 Å². The molecule has 12 N–H and O–H groups in total. The van der Waals surface area contributed by atoms with Crippen LogP contribution in [-0.2, 0) is 31.0 Å². The van der Waals surface area contributed by atoms with Crippen molar-refractivity contribution in [1.82, 2.24) is 10.6 Å². The van der Waals surface area contributed by atoms with Crippen LogP contribution in [0.1, 0.15) is 42.9 Å². The Hall–Kier alpha value is -4.94. The molecule has 2 aromatic rings. The molecule has 0 heterocycles. The lowest BCUT2D eigenvalue weighted by atomic mass is 9.76. The molecule has 0 aliphatic heterocycles. The van der Waals surface area contributed by atoms with E-state index < -0.39 is 47.6 Å². The Kier molecular flexibility index (Phi) is 11.2. The second kappa shape index (κ2) is 14.3. The van der Waals surface area contributed by atoms with Crippen LogP contribution in [0.2, 0.25) is 0 Å². The minimum Gasteiger partial charge on any atom is -0.481 e. The lowest BCUT2D eigenvalue weighted by Crippen LogP contribution is -2.56. The number of amidine groups is 1. The molecule has 2 aromatic carbocycles. The van der Waals surface area contributed by atoms with E-state index in [1.807, 2.05) is 0 Å². The Balaban J connectivity index is 2.30. The molecule has 0 aliphatic rings. The van der Waals surface area contributed by atoms with E-state index in [4.69, 9.17) is 28.3 Å². The average Bonchev–Trinajstić information content (AvgIpc) is 2.90. The van der Waals surface area contributed by atoms with Gasteiger partial charge >= 0.3 is 5.97 Å². The van der Waals surface area contributed by atoms with Gasteiger partial charge in [-0.3, -0.25) is 29.6 Å². The molecule has 3 amide bonds. The van der Waals surface area contributed by atoms with Crippen molar-refractivity contribution in [3.8, 4) is 0 Å². The molecule has 0 saturated carbocycles. The normalized spacial score (nSPS) is 13.6. The number of nitrogens with two attached hydrogens (primary N) is 4. The van der Waals surface area contributed by atoms with E-state index in [0.29, 0.717) is 17.5 Å². The molecule has 3 atom stereocenters. The SMILES string of the molecule is C[C@@](Cc1ccc(C(=N)N)cc1)(C(=O)NC(CC(=O)O)C(=O)NC(CCCN=C(N)N)C(N)=O)c1ccccc1. The van der Waals surface area contributed by atoms with E-state index in [1.165, 1.54) is 0 Å². The van der Waals surface area contributed by atoms with Crippen LogP contribution in [0, 0.1) is 5.41 Å².